The molecule has 0 unspecified atom stereocenters. The smallest absolute Gasteiger partial charge is 0.315 e. The fourth-order valence-electron chi connectivity index (χ4n) is 1.75. The predicted molar refractivity (Wildman–Crippen MR) is 64.1 cm³/mol. The van der Waals surface area contributed by atoms with E-state index in [1.54, 1.807) is 24.3 Å². The van der Waals surface area contributed by atoms with Crippen LogP contribution < -0.4 is 15.2 Å². The van der Waals surface area contributed by atoms with E-state index in [0.29, 0.717) is 17.2 Å². The lowest BCUT2D eigenvalue weighted by molar-refractivity contribution is -0.385. The Kier molecular flexibility index (Phi) is 2.09. The largest absolute Gasteiger partial charge is 0.447 e. The van der Waals surface area contributed by atoms with E-state index >= 15 is 0 Å². The maximum Gasteiger partial charge on any atom is 0.315 e. The van der Waals surface area contributed by atoms with Crippen molar-refractivity contribution >= 4 is 11.4 Å². The molecule has 0 spiro atoms. The second-order valence-electron chi connectivity index (χ2n) is 3.74. The van der Waals surface area contributed by atoms with Gasteiger partial charge in [0.25, 0.3) is 0 Å². The molecule has 6 nitrogen and oxygen atoms in total. The van der Waals surface area contributed by atoms with Crippen LogP contribution in [0.2, 0.25) is 0 Å². The summed E-state index contributed by atoms with van der Waals surface area (Å²) < 4.78 is 11.0. The third-order valence-corrected chi connectivity index (χ3v) is 2.59. The highest BCUT2D eigenvalue weighted by molar-refractivity contribution is 5.72. The molecule has 1 aliphatic heterocycles. The number of ether oxygens (including phenoxy) is 2. The van der Waals surface area contributed by atoms with Crippen molar-refractivity contribution in [2.45, 2.75) is 0 Å². The molecule has 6 heteroatoms. The van der Waals surface area contributed by atoms with E-state index < -0.39 is 4.92 Å². The van der Waals surface area contributed by atoms with Crippen molar-refractivity contribution < 1.29 is 14.4 Å². The second kappa shape index (κ2) is 3.63. The summed E-state index contributed by atoms with van der Waals surface area (Å²) in [6, 6.07) is 9.63. The van der Waals surface area contributed by atoms with E-state index in [0.717, 1.165) is 0 Å². The SMILES string of the molecule is Nc1ccc([N+](=O)[O-])c2c1Oc1ccccc1O2. The third-order valence-electron chi connectivity index (χ3n) is 2.59. The average molecular weight is 244 g/mol. The molecule has 2 aromatic rings. The highest BCUT2D eigenvalue weighted by Crippen LogP contribution is 2.51. The van der Waals surface area contributed by atoms with Gasteiger partial charge in [0.15, 0.2) is 17.2 Å². The Hall–Kier alpha value is -2.76. The summed E-state index contributed by atoms with van der Waals surface area (Å²) in [6.45, 7) is 0. The van der Waals surface area contributed by atoms with Crippen molar-refractivity contribution in [1.82, 2.24) is 0 Å². The molecule has 0 saturated carbocycles. The van der Waals surface area contributed by atoms with Crippen LogP contribution in [0.25, 0.3) is 0 Å². The Morgan fingerprint density at radius 3 is 2.22 bits per heavy atom. The Labute approximate surface area is 102 Å². The van der Waals surface area contributed by atoms with Crippen molar-refractivity contribution in [2.75, 3.05) is 5.73 Å². The number of benzene rings is 2. The summed E-state index contributed by atoms with van der Waals surface area (Å²) in [6.07, 6.45) is 0. The molecular weight excluding hydrogens is 236 g/mol. The van der Waals surface area contributed by atoms with Gasteiger partial charge in [0.2, 0.25) is 5.75 Å². The number of hydrogen-bond donors (Lipinski definition) is 1. The Bertz CT molecular complexity index is 655. The monoisotopic (exact) mass is 244 g/mol. The number of hydrogen-bond acceptors (Lipinski definition) is 5. The van der Waals surface area contributed by atoms with Gasteiger partial charge in [0.05, 0.1) is 10.6 Å². The van der Waals surface area contributed by atoms with E-state index in [1.807, 2.05) is 0 Å². The Balaban J connectivity index is 2.20. The number of fused-ring (bicyclic) bond motifs is 2. The number of nitrogen functional groups attached to an aromatic ring is 1. The minimum absolute atomic E-state index is 0.0405. The highest BCUT2D eigenvalue weighted by Gasteiger charge is 2.29. The van der Waals surface area contributed by atoms with Crippen LogP contribution in [0.1, 0.15) is 0 Å². The van der Waals surface area contributed by atoms with E-state index in [9.17, 15) is 10.1 Å². The van der Waals surface area contributed by atoms with Crippen molar-refractivity contribution in [3.63, 3.8) is 0 Å². The number of nitrogens with zero attached hydrogens (tertiary/aromatic N) is 1. The van der Waals surface area contributed by atoms with E-state index in [4.69, 9.17) is 15.2 Å². The summed E-state index contributed by atoms with van der Waals surface area (Å²) in [5.74, 6) is 1.14. The van der Waals surface area contributed by atoms with Gasteiger partial charge in [0.1, 0.15) is 0 Å². The van der Waals surface area contributed by atoms with Gasteiger partial charge in [-0.2, -0.15) is 0 Å². The molecule has 0 radical (unpaired) electrons. The molecule has 90 valence electrons. The van der Waals surface area contributed by atoms with Crippen molar-refractivity contribution in [3.05, 3.63) is 46.5 Å². The van der Waals surface area contributed by atoms with Crippen LogP contribution in [0.4, 0.5) is 11.4 Å². The molecule has 3 rings (SSSR count). The average Bonchev–Trinajstić information content (AvgIpc) is 2.37. The molecule has 0 saturated heterocycles. The van der Waals surface area contributed by atoms with Crippen LogP contribution in [-0.2, 0) is 0 Å². The van der Waals surface area contributed by atoms with E-state index in [2.05, 4.69) is 0 Å². The summed E-state index contributed by atoms with van der Waals surface area (Å²) in [5.41, 5.74) is 5.86. The maximum absolute atomic E-state index is 10.9. The first-order valence-electron chi connectivity index (χ1n) is 5.18. The standard InChI is InChI=1S/C12H8N2O4/c13-7-5-6-8(14(15)16)12-11(7)17-9-3-1-2-4-10(9)18-12/h1-6H,13H2. The number of anilines is 1. The topological polar surface area (TPSA) is 87.6 Å². The fraction of sp³-hybridized carbons (Fsp3) is 0. The molecule has 0 fully saturated rings. The summed E-state index contributed by atoms with van der Waals surface area (Å²) in [4.78, 5) is 10.4. The molecule has 0 aliphatic carbocycles. The van der Waals surface area contributed by atoms with Gasteiger partial charge >= 0.3 is 5.69 Å². The quantitative estimate of drug-likeness (QED) is 0.403. The predicted octanol–water partition coefficient (Wildman–Crippen LogP) is 3.08. The minimum atomic E-state index is -0.532. The molecule has 2 N–H and O–H groups in total. The molecule has 1 aliphatic rings. The normalized spacial score (nSPS) is 11.8. The highest BCUT2D eigenvalue weighted by atomic mass is 16.6. The molecule has 0 amide bonds. The lowest BCUT2D eigenvalue weighted by atomic mass is 10.2. The zero-order valence-electron chi connectivity index (χ0n) is 9.12. The van der Waals surface area contributed by atoms with E-state index in [1.165, 1.54) is 12.1 Å². The second-order valence-corrected chi connectivity index (χ2v) is 3.74. The zero-order valence-corrected chi connectivity index (χ0v) is 9.12. The zero-order chi connectivity index (χ0) is 12.7. The first-order valence-corrected chi connectivity index (χ1v) is 5.18. The summed E-state index contributed by atoms with van der Waals surface area (Å²) >= 11 is 0. The molecule has 18 heavy (non-hydrogen) atoms. The number of nitrogens with two attached hydrogens (primary N) is 1. The molecule has 0 atom stereocenters. The molecule has 2 aromatic carbocycles. The van der Waals surface area contributed by atoms with Crippen LogP contribution in [0.3, 0.4) is 0 Å². The van der Waals surface area contributed by atoms with Gasteiger partial charge in [0, 0.05) is 6.07 Å². The number of nitro benzene ring substituents is 1. The number of nitro groups is 1. The first kappa shape index (κ1) is 10.4. The van der Waals surface area contributed by atoms with Crippen molar-refractivity contribution in [2.24, 2.45) is 0 Å². The minimum Gasteiger partial charge on any atom is -0.447 e. The van der Waals surface area contributed by atoms with Crippen LogP contribution in [0.15, 0.2) is 36.4 Å². The van der Waals surface area contributed by atoms with Gasteiger partial charge < -0.3 is 15.2 Å². The lowest BCUT2D eigenvalue weighted by Crippen LogP contribution is -2.04. The lowest BCUT2D eigenvalue weighted by Gasteiger charge is -2.21. The first-order chi connectivity index (χ1) is 8.66. The van der Waals surface area contributed by atoms with Gasteiger partial charge in [-0.05, 0) is 18.2 Å². The Morgan fingerprint density at radius 1 is 1.00 bits per heavy atom. The van der Waals surface area contributed by atoms with Crippen LogP contribution in [0.5, 0.6) is 23.0 Å². The van der Waals surface area contributed by atoms with Crippen LogP contribution in [0, 0.1) is 10.1 Å². The number of rotatable bonds is 1. The molecule has 0 aromatic heterocycles. The maximum atomic E-state index is 10.9. The van der Waals surface area contributed by atoms with Gasteiger partial charge in [-0.25, -0.2) is 0 Å². The Morgan fingerprint density at radius 2 is 1.61 bits per heavy atom. The summed E-state index contributed by atoms with van der Waals surface area (Å²) in [7, 11) is 0. The van der Waals surface area contributed by atoms with Crippen LogP contribution in [-0.4, -0.2) is 4.92 Å². The molecular formula is C12H8N2O4. The van der Waals surface area contributed by atoms with Crippen LogP contribution >= 0.6 is 0 Å². The molecule has 1 heterocycles. The van der Waals surface area contributed by atoms with Gasteiger partial charge in [-0.15, -0.1) is 0 Å². The van der Waals surface area contributed by atoms with Gasteiger partial charge in [-0.1, -0.05) is 12.1 Å². The fourth-order valence-corrected chi connectivity index (χ4v) is 1.75. The van der Waals surface area contributed by atoms with E-state index in [-0.39, 0.29) is 17.2 Å². The van der Waals surface area contributed by atoms with Gasteiger partial charge in [-0.3, -0.25) is 10.1 Å². The summed E-state index contributed by atoms with van der Waals surface area (Å²) in [5, 5.41) is 10.9. The van der Waals surface area contributed by atoms with Crippen molar-refractivity contribution in [3.8, 4) is 23.0 Å². The number of para-hydroxylation sites is 2. The molecule has 0 bridgehead atoms. The van der Waals surface area contributed by atoms with Crippen molar-refractivity contribution in [1.29, 1.82) is 0 Å². The third kappa shape index (κ3) is 1.43.